The molecule has 1 rings (SSSR count). The molecule has 0 spiro atoms. The van der Waals surface area contributed by atoms with E-state index in [2.05, 4.69) is 25.1 Å². The number of allylic oxidation sites excluding steroid dienone is 1. The molecular formula is C15H19N. The Labute approximate surface area is 98.4 Å². The second kappa shape index (κ2) is 7.70. The number of unbranched alkanes of at least 4 members (excludes halogenated alkanes) is 4. The predicted molar refractivity (Wildman–Crippen MR) is 69.0 cm³/mol. The van der Waals surface area contributed by atoms with Crippen molar-refractivity contribution in [1.29, 1.82) is 5.26 Å². The fourth-order valence-corrected chi connectivity index (χ4v) is 1.58. The van der Waals surface area contributed by atoms with Crippen LogP contribution in [0.3, 0.4) is 0 Å². The summed E-state index contributed by atoms with van der Waals surface area (Å²) in [5, 5.41) is 8.66. The maximum atomic E-state index is 8.66. The summed E-state index contributed by atoms with van der Waals surface area (Å²) in [4.78, 5) is 0. The van der Waals surface area contributed by atoms with Crippen LogP contribution in [0.1, 0.15) is 50.2 Å². The van der Waals surface area contributed by atoms with Gasteiger partial charge in [-0.1, -0.05) is 50.5 Å². The zero-order valence-electron chi connectivity index (χ0n) is 9.95. The summed E-state index contributed by atoms with van der Waals surface area (Å²) in [5.74, 6) is 0. The second-order valence-electron chi connectivity index (χ2n) is 3.99. The summed E-state index contributed by atoms with van der Waals surface area (Å²) < 4.78 is 0. The Balaban J connectivity index is 2.30. The van der Waals surface area contributed by atoms with E-state index in [0.29, 0.717) is 0 Å². The van der Waals surface area contributed by atoms with Gasteiger partial charge < -0.3 is 0 Å². The van der Waals surface area contributed by atoms with Gasteiger partial charge in [0.25, 0.3) is 0 Å². The molecule has 0 unspecified atom stereocenters. The molecule has 0 radical (unpaired) electrons. The first kappa shape index (κ1) is 12.5. The molecule has 0 N–H and O–H groups in total. The summed E-state index contributed by atoms with van der Waals surface area (Å²) in [6.45, 7) is 2.23. The van der Waals surface area contributed by atoms with Crippen molar-refractivity contribution in [1.82, 2.24) is 0 Å². The topological polar surface area (TPSA) is 23.8 Å². The van der Waals surface area contributed by atoms with Crippen molar-refractivity contribution in [2.45, 2.75) is 39.0 Å². The third kappa shape index (κ3) is 4.79. The van der Waals surface area contributed by atoms with Gasteiger partial charge in [0.1, 0.15) is 0 Å². The van der Waals surface area contributed by atoms with Crippen LogP contribution in [0.25, 0.3) is 6.08 Å². The molecule has 0 atom stereocenters. The van der Waals surface area contributed by atoms with Crippen LogP contribution in [0.15, 0.2) is 30.3 Å². The van der Waals surface area contributed by atoms with Gasteiger partial charge in [-0.05, 0) is 30.5 Å². The van der Waals surface area contributed by atoms with Gasteiger partial charge in [0.05, 0.1) is 11.6 Å². The minimum absolute atomic E-state index is 0.722. The summed E-state index contributed by atoms with van der Waals surface area (Å²) in [7, 11) is 0. The molecule has 0 bridgehead atoms. The van der Waals surface area contributed by atoms with Crippen molar-refractivity contribution in [2.75, 3.05) is 0 Å². The maximum Gasteiger partial charge on any atom is 0.0991 e. The van der Waals surface area contributed by atoms with Crippen LogP contribution in [0.4, 0.5) is 0 Å². The molecule has 1 aromatic rings. The Morgan fingerprint density at radius 3 is 2.50 bits per heavy atom. The average molecular weight is 213 g/mol. The lowest BCUT2D eigenvalue weighted by Gasteiger charge is -1.95. The molecule has 84 valence electrons. The Morgan fingerprint density at radius 1 is 1.12 bits per heavy atom. The SMILES string of the molecule is CCCCCC/C=C\c1ccc(C#N)cc1. The van der Waals surface area contributed by atoms with Gasteiger partial charge in [-0.2, -0.15) is 5.26 Å². The minimum Gasteiger partial charge on any atom is -0.192 e. The van der Waals surface area contributed by atoms with E-state index in [1.165, 1.54) is 31.2 Å². The minimum atomic E-state index is 0.722. The van der Waals surface area contributed by atoms with Crippen LogP contribution in [0.2, 0.25) is 0 Å². The molecule has 1 heteroatoms. The van der Waals surface area contributed by atoms with Gasteiger partial charge in [-0.15, -0.1) is 0 Å². The summed E-state index contributed by atoms with van der Waals surface area (Å²) in [6, 6.07) is 9.81. The van der Waals surface area contributed by atoms with Gasteiger partial charge >= 0.3 is 0 Å². The third-order valence-corrected chi connectivity index (χ3v) is 2.57. The fraction of sp³-hybridized carbons (Fsp3) is 0.400. The summed E-state index contributed by atoms with van der Waals surface area (Å²) in [6.07, 6.45) is 10.7. The molecule has 0 amide bonds. The second-order valence-corrected chi connectivity index (χ2v) is 3.99. The van der Waals surface area contributed by atoms with E-state index in [4.69, 9.17) is 5.26 Å². The monoisotopic (exact) mass is 213 g/mol. The number of benzene rings is 1. The molecular weight excluding hydrogens is 194 g/mol. The van der Waals surface area contributed by atoms with Crippen LogP contribution in [0, 0.1) is 11.3 Å². The Kier molecular flexibility index (Phi) is 6.03. The molecule has 1 nitrogen and oxygen atoms in total. The first-order valence-electron chi connectivity index (χ1n) is 6.03. The Bertz CT molecular complexity index is 354. The Morgan fingerprint density at radius 2 is 1.88 bits per heavy atom. The number of nitrogens with zero attached hydrogens (tertiary/aromatic N) is 1. The first-order valence-corrected chi connectivity index (χ1v) is 6.03. The molecule has 1 aromatic carbocycles. The van der Waals surface area contributed by atoms with Crippen molar-refractivity contribution in [3.05, 3.63) is 41.5 Å². The number of rotatable bonds is 6. The van der Waals surface area contributed by atoms with E-state index in [-0.39, 0.29) is 0 Å². The predicted octanol–water partition coefficient (Wildman–Crippen LogP) is 4.54. The average Bonchev–Trinajstić information content (AvgIpc) is 2.34. The van der Waals surface area contributed by atoms with E-state index < -0.39 is 0 Å². The van der Waals surface area contributed by atoms with Crippen molar-refractivity contribution in [3.63, 3.8) is 0 Å². The highest BCUT2D eigenvalue weighted by Gasteiger charge is 1.89. The van der Waals surface area contributed by atoms with E-state index >= 15 is 0 Å². The lowest BCUT2D eigenvalue weighted by Crippen LogP contribution is -1.76. The largest absolute Gasteiger partial charge is 0.192 e. The zero-order chi connectivity index (χ0) is 11.6. The fourth-order valence-electron chi connectivity index (χ4n) is 1.58. The lowest BCUT2D eigenvalue weighted by molar-refractivity contribution is 0.675. The smallest absolute Gasteiger partial charge is 0.0991 e. The highest BCUT2D eigenvalue weighted by atomic mass is 14.2. The lowest BCUT2D eigenvalue weighted by atomic mass is 10.1. The molecule has 0 saturated carbocycles. The number of nitriles is 1. The van der Waals surface area contributed by atoms with E-state index in [1.54, 1.807) is 0 Å². The molecule has 0 saturated heterocycles. The van der Waals surface area contributed by atoms with Crippen molar-refractivity contribution in [3.8, 4) is 6.07 Å². The number of hydrogen-bond donors (Lipinski definition) is 0. The Hall–Kier alpha value is -1.55. The summed E-state index contributed by atoms with van der Waals surface area (Å²) in [5.41, 5.74) is 1.90. The van der Waals surface area contributed by atoms with E-state index in [1.807, 2.05) is 24.3 Å². The van der Waals surface area contributed by atoms with Crippen LogP contribution < -0.4 is 0 Å². The molecule has 0 aromatic heterocycles. The molecule has 0 aliphatic rings. The quantitative estimate of drug-likeness (QED) is 0.636. The standard InChI is InChI=1S/C15H19N/c1-2-3-4-5-6-7-8-14-9-11-15(13-16)12-10-14/h7-12H,2-6H2,1H3/b8-7-. The van der Waals surface area contributed by atoms with Crippen LogP contribution in [0.5, 0.6) is 0 Å². The molecule has 0 aliphatic carbocycles. The molecule has 16 heavy (non-hydrogen) atoms. The van der Waals surface area contributed by atoms with Gasteiger partial charge in [-0.25, -0.2) is 0 Å². The van der Waals surface area contributed by atoms with E-state index in [0.717, 1.165) is 12.0 Å². The summed E-state index contributed by atoms with van der Waals surface area (Å²) >= 11 is 0. The van der Waals surface area contributed by atoms with Crippen LogP contribution in [-0.4, -0.2) is 0 Å². The van der Waals surface area contributed by atoms with Crippen LogP contribution >= 0.6 is 0 Å². The van der Waals surface area contributed by atoms with Crippen molar-refractivity contribution >= 4 is 6.08 Å². The normalized spacial score (nSPS) is 10.5. The molecule has 0 aliphatic heterocycles. The van der Waals surface area contributed by atoms with Gasteiger partial charge in [-0.3, -0.25) is 0 Å². The molecule has 0 fully saturated rings. The van der Waals surface area contributed by atoms with Crippen LogP contribution in [-0.2, 0) is 0 Å². The van der Waals surface area contributed by atoms with Gasteiger partial charge in [0, 0.05) is 0 Å². The van der Waals surface area contributed by atoms with Gasteiger partial charge in [0.15, 0.2) is 0 Å². The first-order chi connectivity index (χ1) is 7.86. The van der Waals surface area contributed by atoms with Crippen molar-refractivity contribution < 1.29 is 0 Å². The highest BCUT2D eigenvalue weighted by Crippen LogP contribution is 2.08. The number of hydrogen-bond acceptors (Lipinski definition) is 1. The highest BCUT2D eigenvalue weighted by molar-refractivity contribution is 5.50. The van der Waals surface area contributed by atoms with Crippen molar-refractivity contribution in [2.24, 2.45) is 0 Å². The van der Waals surface area contributed by atoms with Gasteiger partial charge in [0.2, 0.25) is 0 Å². The third-order valence-electron chi connectivity index (χ3n) is 2.57. The molecule has 0 heterocycles. The van der Waals surface area contributed by atoms with E-state index in [9.17, 15) is 0 Å². The zero-order valence-corrected chi connectivity index (χ0v) is 9.95. The maximum absolute atomic E-state index is 8.66.